The largest absolute Gasteiger partial charge is 0.296 e. The van der Waals surface area contributed by atoms with Gasteiger partial charge in [-0.1, -0.05) is 36.4 Å². The van der Waals surface area contributed by atoms with E-state index in [0.29, 0.717) is 5.69 Å². The van der Waals surface area contributed by atoms with Gasteiger partial charge in [-0.15, -0.1) is 0 Å². The van der Waals surface area contributed by atoms with Crippen molar-refractivity contribution in [1.29, 1.82) is 0 Å². The molecule has 0 saturated heterocycles. The van der Waals surface area contributed by atoms with Gasteiger partial charge in [-0.05, 0) is 24.4 Å². The average Bonchev–Trinajstić information content (AvgIpc) is 2.79. The minimum absolute atomic E-state index is 0.573. The molecule has 0 bridgehead atoms. The van der Waals surface area contributed by atoms with E-state index in [0.717, 1.165) is 28.4 Å². The highest BCUT2D eigenvalue weighted by molar-refractivity contribution is 5.91. The van der Waals surface area contributed by atoms with Crippen LogP contribution < -0.4 is 0 Å². The lowest BCUT2D eigenvalue weighted by Crippen LogP contribution is -2.01. The molecule has 0 radical (unpaired) electrons. The number of benzene rings is 2. The van der Waals surface area contributed by atoms with Crippen LogP contribution in [-0.2, 0) is 0 Å². The lowest BCUT2D eigenvalue weighted by molar-refractivity contribution is 0.111. The number of fused-ring (bicyclic) bond motifs is 1. The molecule has 3 rings (SSSR count). The molecular formula is C15H12N2O. The van der Waals surface area contributed by atoms with Crippen molar-refractivity contribution in [2.24, 2.45) is 0 Å². The highest BCUT2D eigenvalue weighted by Gasteiger charge is 2.09. The van der Waals surface area contributed by atoms with E-state index in [1.54, 1.807) is 10.7 Å². The van der Waals surface area contributed by atoms with E-state index in [9.17, 15) is 4.79 Å². The lowest BCUT2D eigenvalue weighted by atomic mass is 10.1. The van der Waals surface area contributed by atoms with Gasteiger partial charge >= 0.3 is 0 Å². The summed E-state index contributed by atoms with van der Waals surface area (Å²) in [5.74, 6) is 0. The molecule has 2 aromatic carbocycles. The molecule has 0 amide bonds. The number of aromatic nitrogens is 2. The zero-order valence-electron chi connectivity index (χ0n) is 10.00. The second-order valence-electron chi connectivity index (χ2n) is 4.24. The van der Waals surface area contributed by atoms with Crippen LogP contribution in [0.25, 0.3) is 16.5 Å². The number of hydrogen-bond donors (Lipinski definition) is 0. The van der Waals surface area contributed by atoms with Crippen LogP contribution in [0.3, 0.4) is 0 Å². The highest BCUT2D eigenvalue weighted by Crippen LogP contribution is 2.22. The van der Waals surface area contributed by atoms with Gasteiger partial charge in [-0.2, -0.15) is 5.10 Å². The first kappa shape index (κ1) is 10.7. The van der Waals surface area contributed by atoms with Crippen molar-refractivity contribution in [2.75, 3.05) is 0 Å². The van der Waals surface area contributed by atoms with Gasteiger partial charge in [0.05, 0.1) is 11.4 Å². The zero-order valence-corrected chi connectivity index (χ0v) is 10.00. The molecule has 0 aliphatic rings. The Hall–Kier alpha value is -2.42. The van der Waals surface area contributed by atoms with Gasteiger partial charge in [-0.3, -0.25) is 4.79 Å². The summed E-state index contributed by atoms with van der Waals surface area (Å²) >= 11 is 0. The van der Waals surface area contributed by atoms with Gasteiger partial charge in [0.15, 0.2) is 6.29 Å². The Labute approximate surface area is 105 Å². The van der Waals surface area contributed by atoms with Crippen LogP contribution in [0.5, 0.6) is 0 Å². The monoisotopic (exact) mass is 236 g/mol. The number of nitrogens with zero attached hydrogens (tertiary/aromatic N) is 2. The normalized spacial score (nSPS) is 10.7. The van der Waals surface area contributed by atoms with Crippen molar-refractivity contribution in [2.45, 2.75) is 6.92 Å². The predicted molar refractivity (Wildman–Crippen MR) is 71.2 cm³/mol. The molecule has 0 aliphatic carbocycles. The number of hydrogen-bond acceptors (Lipinski definition) is 2. The zero-order chi connectivity index (χ0) is 12.5. The Bertz CT molecular complexity index is 723. The third kappa shape index (κ3) is 1.61. The molecule has 18 heavy (non-hydrogen) atoms. The fourth-order valence-electron chi connectivity index (χ4n) is 2.19. The molecule has 3 nitrogen and oxygen atoms in total. The van der Waals surface area contributed by atoms with E-state index in [2.05, 4.69) is 17.2 Å². The SMILES string of the molecule is Cc1cc(C=O)n(-c2cccc3ccccc23)n1. The summed E-state index contributed by atoms with van der Waals surface area (Å²) in [6.45, 7) is 1.88. The maximum absolute atomic E-state index is 11.1. The van der Waals surface area contributed by atoms with Gasteiger partial charge < -0.3 is 0 Å². The number of carbonyl (C=O) groups is 1. The molecule has 1 aromatic heterocycles. The predicted octanol–water partition coefficient (Wildman–Crippen LogP) is 3.15. The average molecular weight is 236 g/mol. The minimum Gasteiger partial charge on any atom is -0.296 e. The molecule has 0 atom stereocenters. The Morgan fingerprint density at radius 3 is 2.72 bits per heavy atom. The topological polar surface area (TPSA) is 34.9 Å². The number of aldehydes is 1. The first-order chi connectivity index (χ1) is 8.79. The Morgan fingerprint density at radius 1 is 1.11 bits per heavy atom. The third-order valence-corrected chi connectivity index (χ3v) is 2.97. The van der Waals surface area contributed by atoms with E-state index >= 15 is 0 Å². The van der Waals surface area contributed by atoms with Crippen molar-refractivity contribution in [1.82, 2.24) is 9.78 Å². The fraction of sp³-hybridized carbons (Fsp3) is 0.0667. The van der Waals surface area contributed by atoms with E-state index in [1.165, 1.54) is 0 Å². The Morgan fingerprint density at radius 2 is 1.89 bits per heavy atom. The van der Waals surface area contributed by atoms with Crippen LogP contribution in [-0.4, -0.2) is 16.1 Å². The first-order valence-electron chi connectivity index (χ1n) is 5.79. The van der Waals surface area contributed by atoms with Crippen LogP contribution in [0.4, 0.5) is 0 Å². The van der Waals surface area contributed by atoms with Gasteiger partial charge in [0.1, 0.15) is 5.69 Å². The summed E-state index contributed by atoms with van der Waals surface area (Å²) < 4.78 is 1.70. The Kier molecular flexibility index (Phi) is 2.45. The summed E-state index contributed by atoms with van der Waals surface area (Å²) in [5, 5.41) is 6.62. The van der Waals surface area contributed by atoms with Crippen LogP contribution in [0.2, 0.25) is 0 Å². The van der Waals surface area contributed by atoms with Gasteiger partial charge in [0, 0.05) is 5.39 Å². The number of aryl methyl sites for hydroxylation is 1. The van der Waals surface area contributed by atoms with Crippen molar-refractivity contribution >= 4 is 17.1 Å². The number of rotatable bonds is 2. The maximum Gasteiger partial charge on any atom is 0.168 e. The van der Waals surface area contributed by atoms with Crippen molar-refractivity contribution in [3.63, 3.8) is 0 Å². The quantitative estimate of drug-likeness (QED) is 0.641. The van der Waals surface area contributed by atoms with E-state index in [4.69, 9.17) is 0 Å². The van der Waals surface area contributed by atoms with E-state index in [1.807, 2.05) is 37.3 Å². The molecule has 3 aromatic rings. The summed E-state index contributed by atoms with van der Waals surface area (Å²) in [6, 6.07) is 15.9. The summed E-state index contributed by atoms with van der Waals surface area (Å²) in [4.78, 5) is 11.1. The van der Waals surface area contributed by atoms with Crippen LogP contribution in [0.1, 0.15) is 16.2 Å². The second kappa shape index (κ2) is 4.11. The molecule has 0 unspecified atom stereocenters. The summed E-state index contributed by atoms with van der Waals surface area (Å²) in [5.41, 5.74) is 2.34. The van der Waals surface area contributed by atoms with Crippen molar-refractivity contribution in [3.05, 3.63) is 59.9 Å². The van der Waals surface area contributed by atoms with Crippen LogP contribution in [0, 0.1) is 6.92 Å². The molecule has 0 aliphatic heterocycles. The maximum atomic E-state index is 11.1. The molecule has 0 N–H and O–H groups in total. The Balaban J connectivity index is 2.34. The molecule has 0 fully saturated rings. The third-order valence-electron chi connectivity index (χ3n) is 2.97. The molecule has 0 spiro atoms. The van der Waals surface area contributed by atoms with E-state index < -0.39 is 0 Å². The molecule has 88 valence electrons. The fourth-order valence-corrected chi connectivity index (χ4v) is 2.19. The molecular weight excluding hydrogens is 224 g/mol. The van der Waals surface area contributed by atoms with Gasteiger partial charge in [0.25, 0.3) is 0 Å². The van der Waals surface area contributed by atoms with Crippen molar-refractivity contribution in [3.8, 4) is 5.69 Å². The van der Waals surface area contributed by atoms with Gasteiger partial charge in [0.2, 0.25) is 0 Å². The van der Waals surface area contributed by atoms with Crippen LogP contribution >= 0.6 is 0 Å². The second-order valence-corrected chi connectivity index (χ2v) is 4.24. The van der Waals surface area contributed by atoms with E-state index in [-0.39, 0.29) is 0 Å². The summed E-state index contributed by atoms with van der Waals surface area (Å²) in [6.07, 6.45) is 0.835. The lowest BCUT2D eigenvalue weighted by Gasteiger charge is -2.07. The summed E-state index contributed by atoms with van der Waals surface area (Å²) in [7, 11) is 0. The molecule has 3 heteroatoms. The standard InChI is InChI=1S/C15H12N2O/c1-11-9-13(10-18)17(16-11)15-8-4-6-12-5-2-3-7-14(12)15/h2-10H,1H3. The molecule has 0 saturated carbocycles. The number of carbonyl (C=O) groups excluding carboxylic acids is 1. The highest BCUT2D eigenvalue weighted by atomic mass is 16.1. The first-order valence-corrected chi connectivity index (χ1v) is 5.79. The minimum atomic E-state index is 0.573. The van der Waals surface area contributed by atoms with Crippen molar-refractivity contribution < 1.29 is 4.79 Å². The smallest absolute Gasteiger partial charge is 0.168 e. The van der Waals surface area contributed by atoms with Crippen LogP contribution in [0.15, 0.2) is 48.5 Å². The molecule has 1 heterocycles. The van der Waals surface area contributed by atoms with Gasteiger partial charge in [-0.25, -0.2) is 4.68 Å².